The Kier molecular flexibility index (Phi) is 6.28. The van der Waals surface area contributed by atoms with Crippen molar-refractivity contribution in [3.8, 4) is 0 Å². The van der Waals surface area contributed by atoms with Gasteiger partial charge in [-0.25, -0.2) is 13.6 Å². The third-order valence-corrected chi connectivity index (χ3v) is 3.07. The second-order valence-corrected chi connectivity index (χ2v) is 4.49. The Labute approximate surface area is 105 Å². The minimum absolute atomic E-state index is 0.0290. The third-order valence-electron chi connectivity index (χ3n) is 3.07. The van der Waals surface area contributed by atoms with Crippen LogP contribution in [0.25, 0.3) is 0 Å². The highest BCUT2D eigenvalue weighted by Gasteiger charge is 2.30. The molecule has 0 saturated carbocycles. The quantitative estimate of drug-likeness (QED) is 0.768. The number of hydrogen-bond acceptors (Lipinski definition) is 4. The van der Waals surface area contributed by atoms with Gasteiger partial charge in [-0.15, -0.1) is 0 Å². The largest absolute Gasteiger partial charge is 0.453 e. The summed E-state index contributed by atoms with van der Waals surface area (Å²) in [4.78, 5) is 13.0. The van der Waals surface area contributed by atoms with E-state index in [9.17, 15) is 13.6 Å². The van der Waals surface area contributed by atoms with E-state index in [1.54, 1.807) is 0 Å². The second kappa shape index (κ2) is 7.48. The van der Waals surface area contributed by atoms with Gasteiger partial charge >= 0.3 is 6.09 Å². The van der Waals surface area contributed by atoms with E-state index >= 15 is 0 Å². The van der Waals surface area contributed by atoms with Gasteiger partial charge in [-0.2, -0.15) is 0 Å². The SMILES string of the molecule is COC(=O)N1CC(CCO)CC(NCC(F)F)C1. The summed E-state index contributed by atoms with van der Waals surface area (Å²) >= 11 is 0. The lowest BCUT2D eigenvalue weighted by molar-refractivity contribution is 0.0777. The molecule has 1 aliphatic heterocycles. The second-order valence-electron chi connectivity index (χ2n) is 4.49. The first kappa shape index (κ1) is 15.1. The zero-order chi connectivity index (χ0) is 13.5. The Balaban J connectivity index is 2.53. The van der Waals surface area contributed by atoms with Crippen LogP contribution in [0.4, 0.5) is 13.6 Å². The van der Waals surface area contributed by atoms with Crippen molar-refractivity contribution in [3.05, 3.63) is 0 Å². The molecule has 1 rings (SSSR count). The predicted molar refractivity (Wildman–Crippen MR) is 61.6 cm³/mol. The molecule has 0 aromatic rings. The average molecular weight is 266 g/mol. The normalized spacial score (nSPS) is 24.4. The molecule has 1 fully saturated rings. The van der Waals surface area contributed by atoms with Gasteiger partial charge in [-0.05, 0) is 18.8 Å². The van der Waals surface area contributed by atoms with Gasteiger partial charge in [0.25, 0.3) is 6.43 Å². The molecule has 2 unspecified atom stereocenters. The molecule has 1 heterocycles. The lowest BCUT2D eigenvalue weighted by atomic mass is 9.92. The summed E-state index contributed by atoms with van der Waals surface area (Å²) in [5.74, 6) is 0.109. The van der Waals surface area contributed by atoms with Crippen LogP contribution in [0.2, 0.25) is 0 Å². The van der Waals surface area contributed by atoms with Crippen molar-refractivity contribution in [1.29, 1.82) is 0 Å². The number of aliphatic hydroxyl groups excluding tert-OH is 1. The maximum Gasteiger partial charge on any atom is 0.409 e. The van der Waals surface area contributed by atoms with Gasteiger partial charge in [0.15, 0.2) is 0 Å². The molecule has 2 N–H and O–H groups in total. The number of carbonyl (C=O) groups excluding carboxylic acids is 1. The topological polar surface area (TPSA) is 61.8 Å². The van der Waals surface area contributed by atoms with Crippen LogP contribution >= 0.6 is 0 Å². The fourth-order valence-corrected chi connectivity index (χ4v) is 2.28. The van der Waals surface area contributed by atoms with Gasteiger partial charge in [-0.3, -0.25) is 0 Å². The Morgan fingerprint density at radius 3 is 2.83 bits per heavy atom. The minimum Gasteiger partial charge on any atom is -0.453 e. The fourth-order valence-electron chi connectivity index (χ4n) is 2.28. The number of ether oxygens (including phenoxy) is 1. The molecular weight excluding hydrogens is 246 g/mol. The molecule has 2 atom stereocenters. The number of amides is 1. The van der Waals surface area contributed by atoms with Crippen LogP contribution in [0.1, 0.15) is 12.8 Å². The van der Waals surface area contributed by atoms with E-state index < -0.39 is 12.5 Å². The van der Waals surface area contributed by atoms with E-state index in [-0.39, 0.29) is 25.1 Å². The van der Waals surface area contributed by atoms with Crippen molar-refractivity contribution in [2.24, 2.45) is 5.92 Å². The predicted octanol–water partition coefficient (Wildman–Crippen LogP) is 0.680. The summed E-state index contributed by atoms with van der Waals surface area (Å²) < 4.78 is 28.9. The number of likely N-dealkylation sites (tertiary alicyclic amines) is 1. The first-order valence-corrected chi connectivity index (χ1v) is 6.02. The van der Waals surface area contributed by atoms with Crippen molar-refractivity contribution in [2.75, 3.05) is 33.4 Å². The molecule has 106 valence electrons. The number of piperidine rings is 1. The van der Waals surface area contributed by atoms with E-state index in [0.717, 1.165) is 0 Å². The minimum atomic E-state index is -2.41. The maximum absolute atomic E-state index is 12.1. The van der Waals surface area contributed by atoms with Crippen molar-refractivity contribution in [1.82, 2.24) is 10.2 Å². The highest BCUT2D eigenvalue weighted by Crippen LogP contribution is 2.20. The molecule has 1 saturated heterocycles. The molecule has 5 nitrogen and oxygen atoms in total. The summed E-state index contributed by atoms with van der Waals surface area (Å²) in [6.07, 6.45) is -1.63. The van der Waals surface area contributed by atoms with Gasteiger partial charge < -0.3 is 20.1 Å². The lowest BCUT2D eigenvalue weighted by Gasteiger charge is -2.37. The summed E-state index contributed by atoms with van der Waals surface area (Å²) in [5.41, 5.74) is 0. The number of alkyl halides is 2. The molecule has 18 heavy (non-hydrogen) atoms. The molecule has 0 bridgehead atoms. The summed E-state index contributed by atoms with van der Waals surface area (Å²) in [6.45, 7) is 0.508. The summed E-state index contributed by atoms with van der Waals surface area (Å²) in [6, 6.07) is -0.177. The number of hydrogen-bond donors (Lipinski definition) is 2. The van der Waals surface area contributed by atoms with Gasteiger partial charge in [0.05, 0.1) is 13.7 Å². The van der Waals surface area contributed by atoms with Gasteiger partial charge in [0.1, 0.15) is 0 Å². The molecule has 0 radical (unpaired) electrons. The zero-order valence-corrected chi connectivity index (χ0v) is 10.4. The first-order chi connectivity index (χ1) is 8.56. The Morgan fingerprint density at radius 1 is 1.56 bits per heavy atom. The van der Waals surface area contributed by atoms with Crippen molar-refractivity contribution in [2.45, 2.75) is 25.3 Å². The Hall–Kier alpha value is -0.950. The van der Waals surface area contributed by atoms with Crippen LogP contribution in [0.3, 0.4) is 0 Å². The van der Waals surface area contributed by atoms with Crippen LogP contribution in [-0.2, 0) is 4.74 Å². The van der Waals surface area contributed by atoms with E-state index in [1.807, 2.05) is 0 Å². The Bertz CT molecular complexity index is 267. The number of nitrogens with zero attached hydrogens (tertiary/aromatic N) is 1. The number of rotatable bonds is 5. The summed E-state index contributed by atoms with van der Waals surface area (Å²) in [5, 5.41) is 11.7. The Morgan fingerprint density at radius 2 is 2.28 bits per heavy atom. The highest BCUT2D eigenvalue weighted by molar-refractivity contribution is 5.67. The zero-order valence-electron chi connectivity index (χ0n) is 10.4. The van der Waals surface area contributed by atoms with Gasteiger partial charge in [0, 0.05) is 25.7 Å². The molecule has 0 aromatic heterocycles. The van der Waals surface area contributed by atoms with Crippen molar-refractivity contribution < 1.29 is 23.4 Å². The molecule has 7 heteroatoms. The number of carbonyl (C=O) groups is 1. The van der Waals surface area contributed by atoms with E-state index in [1.165, 1.54) is 12.0 Å². The molecule has 1 amide bonds. The third kappa shape index (κ3) is 4.73. The van der Waals surface area contributed by atoms with Crippen molar-refractivity contribution in [3.63, 3.8) is 0 Å². The summed E-state index contributed by atoms with van der Waals surface area (Å²) in [7, 11) is 1.29. The van der Waals surface area contributed by atoms with Gasteiger partial charge in [0.2, 0.25) is 0 Å². The standard InChI is InChI=1S/C11H20F2N2O3/c1-18-11(17)15-6-8(2-3-16)4-9(7-15)14-5-10(12)13/h8-10,14,16H,2-7H2,1H3. The number of methoxy groups -OCH3 is 1. The van der Waals surface area contributed by atoms with Crippen LogP contribution in [0, 0.1) is 5.92 Å². The number of aliphatic hydroxyl groups is 1. The van der Waals surface area contributed by atoms with Crippen molar-refractivity contribution >= 4 is 6.09 Å². The van der Waals surface area contributed by atoms with Gasteiger partial charge in [-0.1, -0.05) is 0 Å². The molecule has 1 aliphatic rings. The van der Waals surface area contributed by atoms with E-state index in [4.69, 9.17) is 5.11 Å². The number of halogens is 2. The lowest BCUT2D eigenvalue weighted by Crippen LogP contribution is -2.52. The fraction of sp³-hybridized carbons (Fsp3) is 0.909. The van der Waals surface area contributed by atoms with Crippen LogP contribution in [0.15, 0.2) is 0 Å². The van der Waals surface area contributed by atoms with Crippen LogP contribution in [-0.4, -0.2) is 61.9 Å². The molecule has 0 spiro atoms. The number of nitrogens with one attached hydrogen (secondary N) is 1. The van der Waals surface area contributed by atoms with Crippen LogP contribution in [0.5, 0.6) is 0 Å². The molecular formula is C11H20F2N2O3. The maximum atomic E-state index is 12.1. The first-order valence-electron chi connectivity index (χ1n) is 6.02. The van der Waals surface area contributed by atoms with E-state index in [2.05, 4.69) is 10.1 Å². The van der Waals surface area contributed by atoms with E-state index in [0.29, 0.717) is 25.9 Å². The molecule has 0 aromatic carbocycles. The average Bonchev–Trinajstić information content (AvgIpc) is 2.35. The van der Waals surface area contributed by atoms with Crippen LogP contribution < -0.4 is 5.32 Å². The highest BCUT2D eigenvalue weighted by atomic mass is 19.3. The smallest absolute Gasteiger partial charge is 0.409 e. The molecule has 0 aliphatic carbocycles. The monoisotopic (exact) mass is 266 g/mol.